The Hall–Kier alpha value is -0.950. The van der Waals surface area contributed by atoms with Crippen molar-refractivity contribution in [3.05, 3.63) is 29.8 Å². The summed E-state index contributed by atoms with van der Waals surface area (Å²) in [4.78, 5) is 2.50. The molecule has 5 nitrogen and oxygen atoms in total. The number of benzene rings is 1. The molecule has 0 spiro atoms. The van der Waals surface area contributed by atoms with E-state index < -0.39 is 10.0 Å². The van der Waals surface area contributed by atoms with Crippen LogP contribution in [0.15, 0.2) is 29.2 Å². The van der Waals surface area contributed by atoms with Crippen LogP contribution in [0.1, 0.15) is 18.4 Å². The van der Waals surface area contributed by atoms with Gasteiger partial charge in [-0.3, -0.25) is 0 Å². The number of aliphatic hydroxyl groups is 1. The van der Waals surface area contributed by atoms with Crippen LogP contribution in [0.5, 0.6) is 0 Å². The van der Waals surface area contributed by atoms with Gasteiger partial charge in [0.25, 0.3) is 0 Å². The van der Waals surface area contributed by atoms with E-state index in [0.717, 1.165) is 25.9 Å². The highest BCUT2D eigenvalue weighted by Gasteiger charge is 2.29. The molecule has 6 heteroatoms. The second-order valence-electron chi connectivity index (χ2n) is 5.36. The highest BCUT2D eigenvalue weighted by molar-refractivity contribution is 7.89. The van der Waals surface area contributed by atoms with Gasteiger partial charge >= 0.3 is 0 Å². The highest BCUT2D eigenvalue weighted by Crippen LogP contribution is 2.22. The van der Waals surface area contributed by atoms with Crippen molar-refractivity contribution in [1.82, 2.24) is 9.21 Å². The summed E-state index contributed by atoms with van der Waals surface area (Å²) in [6.45, 7) is 1.77. The molecule has 0 unspecified atom stereocenters. The van der Waals surface area contributed by atoms with Crippen LogP contribution in [0.4, 0.5) is 0 Å². The lowest BCUT2D eigenvalue weighted by Gasteiger charge is -2.34. The first-order valence-electron chi connectivity index (χ1n) is 6.81. The molecule has 1 aromatic rings. The quantitative estimate of drug-likeness (QED) is 0.897. The van der Waals surface area contributed by atoms with Crippen LogP contribution in [-0.4, -0.2) is 56.0 Å². The Balaban J connectivity index is 2.16. The minimum absolute atomic E-state index is 0.0636. The van der Waals surface area contributed by atoms with Crippen LogP contribution in [0, 0.1) is 0 Å². The third kappa shape index (κ3) is 3.20. The fourth-order valence-corrected chi connectivity index (χ4v) is 3.90. The van der Waals surface area contributed by atoms with E-state index in [1.54, 1.807) is 31.3 Å². The summed E-state index contributed by atoms with van der Waals surface area (Å²) in [5.74, 6) is 0. The highest BCUT2D eigenvalue weighted by atomic mass is 32.2. The largest absolute Gasteiger partial charge is 0.392 e. The van der Waals surface area contributed by atoms with E-state index in [1.807, 2.05) is 0 Å². The van der Waals surface area contributed by atoms with Crippen LogP contribution in [0.3, 0.4) is 0 Å². The molecule has 1 aromatic carbocycles. The first kappa shape index (κ1) is 15.4. The van der Waals surface area contributed by atoms with Gasteiger partial charge in [0.15, 0.2) is 0 Å². The Kier molecular flexibility index (Phi) is 4.80. The van der Waals surface area contributed by atoms with Crippen LogP contribution in [0.25, 0.3) is 0 Å². The number of likely N-dealkylation sites (tertiary alicyclic amines) is 1. The van der Waals surface area contributed by atoms with Gasteiger partial charge in [0, 0.05) is 13.1 Å². The summed E-state index contributed by atoms with van der Waals surface area (Å²) in [6.07, 6.45) is 1.72. The number of sulfonamides is 1. The van der Waals surface area contributed by atoms with E-state index in [-0.39, 0.29) is 17.5 Å². The number of hydrogen-bond acceptors (Lipinski definition) is 4. The second-order valence-corrected chi connectivity index (χ2v) is 7.36. The number of hydrogen-bond donors (Lipinski definition) is 1. The molecule has 1 heterocycles. The minimum atomic E-state index is -3.45. The smallest absolute Gasteiger partial charge is 0.243 e. The molecule has 1 aliphatic rings. The van der Waals surface area contributed by atoms with E-state index >= 15 is 0 Å². The van der Waals surface area contributed by atoms with Crippen LogP contribution >= 0.6 is 0 Å². The SMILES string of the molecule is CN1CCC(N(C)S(=O)(=O)c2ccc(CO)cc2)CC1. The van der Waals surface area contributed by atoms with Crippen LogP contribution in [0.2, 0.25) is 0 Å². The topological polar surface area (TPSA) is 60.9 Å². The predicted molar refractivity (Wildman–Crippen MR) is 77.8 cm³/mol. The summed E-state index contributed by atoms with van der Waals surface area (Å²) in [5, 5.41) is 9.00. The Morgan fingerprint density at radius 1 is 1.25 bits per heavy atom. The van der Waals surface area contributed by atoms with Crippen molar-refractivity contribution in [1.29, 1.82) is 0 Å². The van der Waals surface area contributed by atoms with Gasteiger partial charge < -0.3 is 10.0 Å². The third-order valence-electron chi connectivity index (χ3n) is 3.99. The fourth-order valence-electron chi connectivity index (χ4n) is 2.49. The first-order chi connectivity index (χ1) is 9.45. The summed E-state index contributed by atoms with van der Waals surface area (Å²) in [5.41, 5.74) is 0.714. The predicted octanol–water partition coefficient (Wildman–Crippen LogP) is 0.894. The number of aliphatic hydroxyl groups excluding tert-OH is 1. The standard InChI is InChI=1S/C14H22N2O3S/c1-15-9-7-13(8-10-15)16(2)20(18,19)14-5-3-12(11-17)4-6-14/h3-6,13,17H,7-11H2,1-2H3. The molecule has 112 valence electrons. The van der Waals surface area contributed by atoms with Crippen LogP contribution in [-0.2, 0) is 16.6 Å². The van der Waals surface area contributed by atoms with Crippen LogP contribution < -0.4 is 0 Å². The van der Waals surface area contributed by atoms with E-state index in [0.29, 0.717) is 5.56 Å². The zero-order chi connectivity index (χ0) is 14.8. The molecule has 0 amide bonds. The molecule has 1 saturated heterocycles. The molecule has 0 bridgehead atoms. The first-order valence-corrected chi connectivity index (χ1v) is 8.25. The number of piperidine rings is 1. The van der Waals surface area contributed by atoms with Crippen molar-refractivity contribution in [2.24, 2.45) is 0 Å². The van der Waals surface area contributed by atoms with Gasteiger partial charge in [-0.2, -0.15) is 4.31 Å². The molecule has 1 N–H and O–H groups in total. The number of rotatable bonds is 4. The van der Waals surface area contributed by atoms with E-state index in [2.05, 4.69) is 11.9 Å². The molecular formula is C14H22N2O3S. The van der Waals surface area contributed by atoms with Gasteiger partial charge in [0.2, 0.25) is 10.0 Å². The average molecular weight is 298 g/mol. The van der Waals surface area contributed by atoms with Crippen molar-refractivity contribution >= 4 is 10.0 Å². The number of nitrogens with zero attached hydrogens (tertiary/aromatic N) is 2. The Morgan fingerprint density at radius 2 is 1.80 bits per heavy atom. The molecular weight excluding hydrogens is 276 g/mol. The summed E-state index contributed by atoms with van der Waals surface area (Å²) in [6, 6.07) is 6.48. The molecule has 0 aromatic heterocycles. The maximum Gasteiger partial charge on any atom is 0.243 e. The van der Waals surface area contributed by atoms with Gasteiger partial charge in [0.05, 0.1) is 11.5 Å². The Morgan fingerprint density at radius 3 is 2.30 bits per heavy atom. The molecule has 1 fully saturated rings. The lowest BCUT2D eigenvalue weighted by Crippen LogP contribution is -2.44. The molecule has 2 rings (SSSR count). The van der Waals surface area contributed by atoms with Crippen molar-refractivity contribution in [3.63, 3.8) is 0 Å². The maximum absolute atomic E-state index is 12.6. The monoisotopic (exact) mass is 298 g/mol. The minimum Gasteiger partial charge on any atom is -0.392 e. The van der Waals surface area contributed by atoms with Crippen molar-refractivity contribution in [2.45, 2.75) is 30.4 Å². The molecule has 0 radical (unpaired) electrons. The van der Waals surface area contributed by atoms with Gasteiger partial charge in [0.1, 0.15) is 0 Å². The zero-order valence-corrected chi connectivity index (χ0v) is 12.8. The molecule has 20 heavy (non-hydrogen) atoms. The lowest BCUT2D eigenvalue weighted by atomic mass is 10.1. The lowest BCUT2D eigenvalue weighted by molar-refractivity contribution is 0.197. The molecule has 0 aliphatic carbocycles. The van der Waals surface area contributed by atoms with Gasteiger partial charge in [-0.05, 0) is 50.7 Å². The zero-order valence-electron chi connectivity index (χ0n) is 12.0. The molecule has 1 aliphatic heterocycles. The molecule has 0 atom stereocenters. The van der Waals surface area contributed by atoms with Gasteiger partial charge in [-0.25, -0.2) is 8.42 Å². The average Bonchev–Trinajstić information content (AvgIpc) is 2.47. The van der Waals surface area contributed by atoms with Crippen molar-refractivity contribution in [3.8, 4) is 0 Å². The fraction of sp³-hybridized carbons (Fsp3) is 0.571. The Bertz CT molecular complexity index is 534. The Labute approximate surface area is 120 Å². The summed E-state index contributed by atoms with van der Waals surface area (Å²) in [7, 11) is 0.264. The second kappa shape index (κ2) is 6.22. The normalized spacial score (nSPS) is 18.6. The van der Waals surface area contributed by atoms with E-state index in [4.69, 9.17) is 5.11 Å². The summed E-state index contributed by atoms with van der Waals surface area (Å²) >= 11 is 0. The summed E-state index contributed by atoms with van der Waals surface area (Å²) < 4.78 is 26.6. The van der Waals surface area contributed by atoms with Crippen molar-refractivity contribution in [2.75, 3.05) is 27.2 Å². The van der Waals surface area contributed by atoms with Gasteiger partial charge in [-0.15, -0.1) is 0 Å². The van der Waals surface area contributed by atoms with E-state index in [1.165, 1.54) is 4.31 Å². The molecule has 0 saturated carbocycles. The van der Waals surface area contributed by atoms with Gasteiger partial charge in [-0.1, -0.05) is 12.1 Å². The third-order valence-corrected chi connectivity index (χ3v) is 5.91. The van der Waals surface area contributed by atoms with E-state index in [9.17, 15) is 8.42 Å². The van der Waals surface area contributed by atoms with Crippen molar-refractivity contribution < 1.29 is 13.5 Å². The maximum atomic E-state index is 12.6.